The molecule has 8 heteroatoms. The van der Waals surface area contributed by atoms with E-state index in [9.17, 15) is 19.5 Å². The molecule has 0 aliphatic carbocycles. The molecule has 0 saturated carbocycles. The summed E-state index contributed by atoms with van der Waals surface area (Å²) in [5.74, 6) is 0.587. The van der Waals surface area contributed by atoms with Crippen LogP contribution in [0.4, 0.5) is 4.79 Å². The second-order valence-corrected chi connectivity index (χ2v) is 4.81. The average Bonchev–Trinajstić information content (AvgIpc) is 2.58. The van der Waals surface area contributed by atoms with Crippen molar-refractivity contribution in [2.24, 2.45) is 5.73 Å². The number of alkyl carbamates (subject to hydrolysis) is 1. The molecule has 2 atom stereocenters. The molecule has 0 unspecified atom stereocenters. The third-order valence-corrected chi connectivity index (χ3v) is 2.99. The molecule has 0 spiro atoms. The third-order valence-electron chi connectivity index (χ3n) is 2.99. The van der Waals surface area contributed by atoms with Crippen LogP contribution in [0.5, 0.6) is 0 Å². The number of aliphatic hydroxyl groups is 1. The highest BCUT2D eigenvalue weighted by atomic mass is 16.5. The van der Waals surface area contributed by atoms with E-state index >= 15 is 0 Å². The van der Waals surface area contributed by atoms with Crippen molar-refractivity contribution in [3.05, 3.63) is 35.9 Å². The van der Waals surface area contributed by atoms with Crippen molar-refractivity contribution >= 4 is 17.9 Å². The average molecular weight is 333 g/mol. The number of carbonyl (C=O) groups is 3. The number of nitrogens with two attached hydrogens (primary N) is 1. The van der Waals surface area contributed by atoms with Crippen molar-refractivity contribution in [1.82, 2.24) is 10.6 Å². The molecule has 0 fully saturated rings. The lowest BCUT2D eigenvalue weighted by Gasteiger charge is -2.19. The highest BCUT2D eigenvalue weighted by Gasteiger charge is 2.25. The molecule has 0 bridgehead atoms. The number of nitrogens with one attached hydrogen (secondary N) is 2. The van der Waals surface area contributed by atoms with Gasteiger partial charge in [0.15, 0.2) is 0 Å². The van der Waals surface area contributed by atoms with Gasteiger partial charge >= 0.3 is 6.09 Å². The van der Waals surface area contributed by atoms with E-state index < -0.39 is 36.6 Å². The molecule has 0 radical (unpaired) electrons. The van der Waals surface area contributed by atoms with Gasteiger partial charge in [0, 0.05) is 6.42 Å². The number of hydrogen-bond acceptors (Lipinski definition) is 5. The third kappa shape index (κ3) is 6.37. The number of terminal acetylenes is 1. The lowest BCUT2D eigenvalue weighted by molar-refractivity contribution is -0.129. The van der Waals surface area contributed by atoms with E-state index in [0.717, 1.165) is 5.56 Å². The maximum atomic E-state index is 12.0. The van der Waals surface area contributed by atoms with Crippen LogP contribution in [0.3, 0.4) is 0 Å². The van der Waals surface area contributed by atoms with Crippen LogP contribution in [0.25, 0.3) is 0 Å². The fourth-order valence-electron chi connectivity index (χ4n) is 1.71. The smallest absolute Gasteiger partial charge is 0.408 e. The SMILES string of the molecule is C#CC[C@H](NC(=O)[C@H](CO)NC(=O)OCc1ccccc1)C(N)=O. The summed E-state index contributed by atoms with van der Waals surface area (Å²) in [6.45, 7) is -0.679. The molecule has 1 aromatic carbocycles. The zero-order chi connectivity index (χ0) is 17.9. The molecule has 0 aromatic heterocycles. The Kier molecular flexibility index (Phi) is 7.81. The van der Waals surface area contributed by atoms with Crippen molar-refractivity contribution < 1.29 is 24.2 Å². The van der Waals surface area contributed by atoms with Gasteiger partial charge < -0.3 is 26.2 Å². The highest BCUT2D eigenvalue weighted by molar-refractivity contribution is 5.90. The Balaban J connectivity index is 2.52. The minimum absolute atomic E-state index is 0.00739. The van der Waals surface area contributed by atoms with Crippen LogP contribution in [0.1, 0.15) is 12.0 Å². The Morgan fingerprint density at radius 3 is 2.42 bits per heavy atom. The summed E-state index contributed by atoms with van der Waals surface area (Å²) < 4.78 is 4.95. The van der Waals surface area contributed by atoms with Gasteiger partial charge in [-0.05, 0) is 5.56 Å². The van der Waals surface area contributed by atoms with Gasteiger partial charge in [-0.2, -0.15) is 0 Å². The number of ether oxygens (including phenoxy) is 1. The second kappa shape index (κ2) is 9.86. The topological polar surface area (TPSA) is 131 Å². The molecule has 5 N–H and O–H groups in total. The lowest BCUT2D eigenvalue weighted by atomic mass is 10.2. The maximum absolute atomic E-state index is 12.0. The molecule has 0 saturated heterocycles. The Morgan fingerprint density at radius 1 is 1.21 bits per heavy atom. The van der Waals surface area contributed by atoms with E-state index in [1.165, 1.54) is 0 Å². The fraction of sp³-hybridized carbons (Fsp3) is 0.312. The first-order chi connectivity index (χ1) is 11.5. The Morgan fingerprint density at radius 2 is 1.88 bits per heavy atom. The van der Waals surface area contributed by atoms with Crippen LogP contribution < -0.4 is 16.4 Å². The van der Waals surface area contributed by atoms with E-state index in [0.29, 0.717) is 0 Å². The Bertz CT molecular complexity index is 612. The Hall–Kier alpha value is -3.05. The summed E-state index contributed by atoms with van der Waals surface area (Å²) in [5.41, 5.74) is 5.87. The van der Waals surface area contributed by atoms with Crippen molar-refractivity contribution in [2.45, 2.75) is 25.1 Å². The number of carbonyl (C=O) groups excluding carboxylic acids is 3. The van der Waals surface area contributed by atoms with Crippen molar-refractivity contribution in [3.63, 3.8) is 0 Å². The number of amides is 3. The molecule has 24 heavy (non-hydrogen) atoms. The zero-order valence-electron chi connectivity index (χ0n) is 12.9. The molecular weight excluding hydrogens is 314 g/mol. The van der Waals surface area contributed by atoms with Gasteiger partial charge in [-0.15, -0.1) is 12.3 Å². The standard InChI is InChI=1S/C16H19N3O5/c1-2-6-12(14(17)21)18-15(22)13(9-20)19-16(23)24-10-11-7-4-3-5-8-11/h1,3-5,7-8,12-13,20H,6,9-10H2,(H2,17,21)(H,18,22)(H,19,23)/t12-,13-/m0/s1. The summed E-state index contributed by atoms with van der Waals surface area (Å²) in [6, 6.07) is 6.54. The molecule has 0 heterocycles. The Labute approximate surface area is 139 Å². The molecule has 3 amide bonds. The molecule has 1 aromatic rings. The van der Waals surface area contributed by atoms with Gasteiger partial charge in [-0.1, -0.05) is 30.3 Å². The van der Waals surface area contributed by atoms with Crippen LogP contribution in [0.2, 0.25) is 0 Å². The second-order valence-electron chi connectivity index (χ2n) is 4.81. The predicted molar refractivity (Wildman–Crippen MR) is 85.2 cm³/mol. The highest BCUT2D eigenvalue weighted by Crippen LogP contribution is 2.01. The zero-order valence-corrected chi connectivity index (χ0v) is 12.9. The summed E-state index contributed by atoms with van der Waals surface area (Å²) in [5, 5.41) is 13.7. The minimum atomic E-state index is -1.30. The van der Waals surface area contributed by atoms with E-state index in [-0.39, 0.29) is 13.0 Å². The van der Waals surface area contributed by atoms with Crippen LogP contribution >= 0.6 is 0 Å². The monoisotopic (exact) mass is 333 g/mol. The first-order valence-electron chi connectivity index (χ1n) is 7.09. The molecule has 0 aliphatic heterocycles. The molecule has 1 rings (SSSR count). The quantitative estimate of drug-likeness (QED) is 0.466. The fourth-order valence-corrected chi connectivity index (χ4v) is 1.71. The van der Waals surface area contributed by atoms with Gasteiger partial charge in [-0.3, -0.25) is 9.59 Å². The van der Waals surface area contributed by atoms with Gasteiger partial charge in [0.1, 0.15) is 18.7 Å². The van der Waals surface area contributed by atoms with Crippen molar-refractivity contribution in [1.29, 1.82) is 0 Å². The van der Waals surface area contributed by atoms with Crippen LogP contribution in [-0.2, 0) is 20.9 Å². The molecule has 128 valence electrons. The van der Waals surface area contributed by atoms with Crippen LogP contribution in [0.15, 0.2) is 30.3 Å². The molecule has 0 aliphatic rings. The summed E-state index contributed by atoms with van der Waals surface area (Å²) >= 11 is 0. The van der Waals surface area contributed by atoms with Gasteiger partial charge in [0.05, 0.1) is 6.61 Å². The maximum Gasteiger partial charge on any atom is 0.408 e. The van der Waals surface area contributed by atoms with Crippen LogP contribution in [0, 0.1) is 12.3 Å². The molecular formula is C16H19N3O5. The number of aliphatic hydroxyl groups excluding tert-OH is 1. The van der Waals surface area contributed by atoms with E-state index in [4.69, 9.17) is 16.9 Å². The van der Waals surface area contributed by atoms with Crippen LogP contribution in [-0.4, -0.2) is 41.7 Å². The van der Waals surface area contributed by atoms with E-state index in [1.807, 2.05) is 6.07 Å². The van der Waals surface area contributed by atoms with E-state index in [1.54, 1.807) is 24.3 Å². The summed E-state index contributed by atoms with van der Waals surface area (Å²) in [7, 11) is 0. The largest absolute Gasteiger partial charge is 0.445 e. The van der Waals surface area contributed by atoms with Crippen molar-refractivity contribution in [3.8, 4) is 12.3 Å². The van der Waals surface area contributed by atoms with Gasteiger partial charge in [-0.25, -0.2) is 4.79 Å². The summed E-state index contributed by atoms with van der Waals surface area (Å²) in [6.07, 6.45) is 4.09. The number of hydrogen-bond donors (Lipinski definition) is 4. The van der Waals surface area contributed by atoms with Crippen molar-refractivity contribution in [2.75, 3.05) is 6.61 Å². The first kappa shape index (κ1) is 19.0. The first-order valence-corrected chi connectivity index (χ1v) is 7.09. The number of primary amides is 1. The number of benzene rings is 1. The normalized spacial score (nSPS) is 12.3. The lowest BCUT2D eigenvalue weighted by Crippen LogP contribution is -2.54. The van der Waals surface area contributed by atoms with Gasteiger partial charge in [0.2, 0.25) is 11.8 Å². The summed E-state index contributed by atoms with van der Waals surface area (Å²) in [4.78, 5) is 34.8. The predicted octanol–water partition coefficient (Wildman–Crippen LogP) is -0.733. The number of rotatable bonds is 8. The van der Waals surface area contributed by atoms with Gasteiger partial charge in [0.25, 0.3) is 0 Å². The minimum Gasteiger partial charge on any atom is -0.445 e. The molecule has 8 nitrogen and oxygen atoms in total. The van der Waals surface area contributed by atoms with E-state index in [2.05, 4.69) is 16.6 Å².